The molecule has 0 spiro atoms. The smallest absolute Gasteiger partial charge is 0.0411 e. The van der Waals surface area contributed by atoms with Gasteiger partial charge in [-0.2, -0.15) is 0 Å². The third-order valence-electron chi connectivity index (χ3n) is 3.90. The fourth-order valence-corrected chi connectivity index (χ4v) is 2.81. The highest BCUT2D eigenvalue weighted by molar-refractivity contribution is 5.50. The molecule has 0 saturated carbocycles. The SMILES string of the molecule is CC([C](c1ccccc1)c1ccccc1)c1ccccc1. The highest BCUT2D eigenvalue weighted by Gasteiger charge is 2.23. The first kappa shape index (κ1) is 13.6. The van der Waals surface area contributed by atoms with Crippen LogP contribution in [0.2, 0.25) is 0 Å². The van der Waals surface area contributed by atoms with Gasteiger partial charge >= 0.3 is 0 Å². The third kappa shape index (κ3) is 3.05. The Bertz CT molecular complexity index is 617. The molecule has 0 amide bonds. The summed E-state index contributed by atoms with van der Waals surface area (Å²) in [7, 11) is 0. The van der Waals surface area contributed by atoms with Gasteiger partial charge in [0.1, 0.15) is 0 Å². The van der Waals surface area contributed by atoms with E-state index < -0.39 is 0 Å². The molecule has 0 N–H and O–H groups in total. The minimum absolute atomic E-state index is 0.357. The fourth-order valence-electron chi connectivity index (χ4n) is 2.81. The van der Waals surface area contributed by atoms with Gasteiger partial charge in [0.15, 0.2) is 0 Å². The quantitative estimate of drug-likeness (QED) is 0.591. The highest BCUT2D eigenvalue weighted by Crippen LogP contribution is 2.36. The molecule has 0 aliphatic rings. The topological polar surface area (TPSA) is 0 Å². The Kier molecular flexibility index (Phi) is 4.16. The zero-order valence-corrected chi connectivity index (χ0v) is 12.2. The van der Waals surface area contributed by atoms with E-state index in [1.165, 1.54) is 22.6 Å². The summed E-state index contributed by atoms with van der Waals surface area (Å²) in [6, 6.07) is 32.1. The van der Waals surface area contributed by atoms with Gasteiger partial charge in [0.25, 0.3) is 0 Å². The summed E-state index contributed by atoms with van der Waals surface area (Å²) in [5, 5.41) is 0. The van der Waals surface area contributed by atoms with Crippen LogP contribution in [0.4, 0.5) is 0 Å². The molecule has 0 fully saturated rings. The Labute approximate surface area is 127 Å². The Balaban J connectivity index is 2.05. The van der Waals surface area contributed by atoms with Crippen molar-refractivity contribution in [3.63, 3.8) is 0 Å². The van der Waals surface area contributed by atoms with E-state index in [0.29, 0.717) is 5.92 Å². The Morgan fingerprint density at radius 2 is 0.952 bits per heavy atom. The van der Waals surface area contributed by atoms with Crippen molar-refractivity contribution in [3.8, 4) is 0 Å². The molecule has 103 valence electrons. The van der Waals surface area contributed by atoms with Crippen LogP contribution in [0, 0.1) is 5.92 Å². The van der Waals surface area contributed by atoms with Crippen LogP contribution in [0.5, 0.6) is 0 Å². The maximum atomic E-state index is 2.28. The van der Waals surface area contributed by atoms with Crippen LogP contribution < -0.4 is 0 Å². The van der Waals surface area contributed by atoms with E-state index >= 15 is 0 Å². The molecule has 0 saturated heterocycles. The summed E-state index contributed by atoms with van der Waals surface area (Å²) in [5.41, 5.74) is 3.93. The molecule has 0 heteroatoms. The predicted molar refractivity (Wildman–Crippen MR) is 89.2 cm³/mol. The lowest BCUT2D eigenvalue weighted by Crippen LogP contribution is -2.11. The number of benzene rings is 3. The third-order valence-corrected chi connectivity index (χ3v) is 3.90. The van der Waals surface area contributed by atoms with Crippen molar-refractivity contribution in [2.75, 3.05) is 0 Å². The highest BCUT2D eigenvalue weighted by atomic mass is 14.3. The molecule has 21 heavy (non-hydrogen) atoms. The van der Waals surface area contributed by atoms with Crippen molar-refractivity contribution in [2.24, 2.45) is 0 Å². The van der Waals surface area contributed by atoms with Crippen LogP contribution in [-0.4, -0.2) is 0 Å². The summed E-state index contributed by atoms with van der Waals surface area (Å²) in [4.78, 5) is 0. The minimum atomic E-state index is 0.357. The first-order valence-corrected chi connectivity index (χ1v) is 7.39. The van der Waals surface area contributed by atoms with Crippen molar-refractivity contribution in [1.29, 1.82) is 0 Å². The van der Waals surface area contributed by atoms with Crippen LogP contribution >= 0.6 is 0 Å². The van der Waals surface area contributed by atoms with Gasteiger partial charge in [0, 0.05) is 5.92 Å². The molecule has 1 atom stereocenters. The van der Waals surface area contributed by atoms with Crippen molar-refractivity contribution in [3.05, 3.63) is 114 Å². The van der Waals surface area contributed by atoms with E-state index in [2.05, 4.69) is 97.9 Å². The lowest BCUT2D eigenvalue weighted by atomic mass is 9.78. The largest absolute Gasteiger partial charge is 0.0622 e. The first-order chi connectivity index (χ1) is 10.4. The molecule has 0 heterocycles. The molecule has 1 radical (unpaired) electrons. The maximum absolute atomic E-state index is 2.28. The molecule has 0 aliphatic carbocycles. The zero-order chi connectivity index (χ0) is 14.5. The molecule has 0 aliphatic heterocycles. The van der Waals surface area contributed by atoms with Crippen LogP contribution in [0.15, 0.2) is 91.0 Å². The second-order valence-corrected chi connectivity index (χ2v) is 5.28. The van der Waals surface area contributed by atoms with Gasteiger partial charge in [-0.25, -0.2) is 0 Å². The van der Waals surface area contributed by atoms with Crippen LogP contribution in [-0.2, 0) is 0 Å². The van der Waals surface area contributed by atoms with Gasteiger partial charge in [-0.15, -0.1) is 0 Å². The molecule has 1 unspecified atom stereocenters. The van der Waals surface area contributed by atoms with Crippen molar-refractivity contribution < 1.29 is 0 Å². The maximum Gasteiger partial charge on any atom is 0.0411 e. The van der Waals surface area contributed by atoms with E-state index in [-0.39, 0.29) is 0 Å². The van der Waals surface area contributed by atoms with Crippen LogP contribution in [0.3, 0.4) is 0 Å². The minimum Gasteiger partial charge on any atom is -0.0622 e. The first-order valence-electron chi connectivity index (χ1n) is 7.39. The summed E-state index contributed by atoms with van der Waals surface area (Å²) in [6.07, 6.45) is 0. The molecule has 0 bridgehead atoms. The van der Waals surface area contributed by atoms with E-state index in [1.807, 2.05) is 0 Å². The van der Waals surface area contributed by atoms with Gasteiger partial charge in [-0.1, -0.05) is 97.9 Å². The number of hydrogen-bond donors (Lipinski definition) is 0. The Hall–Kier alpha value is -2.34. The Morgan fingerprint density at radius 3 is 1.38 bits per heavy atom. The van der Waals surface area contributed by atoms with Gasteiger partial charge in [-0.3, -0.25) is 0 Å². The van der Waals surface area contributed by atoms with Gasteiger partial charge in [0.2, 0.25) is 0 Å². The predicted octanol–water partition coefficient (Wildman–Crippen LogP) is 5.46. The number of rotatable bonds is 4. The van der Waals surface area contributed by atoms with Gasteiger partial charge < -0.3 is 0 Å². The molecular formula is C21H19. The lowest BCUT2D eigenvalue weighted by Gasteiger charge is -2.25. The Morgan fingerprint density at radius 1 is 0.571 bits per heavy atom. The van der Waals surface area contributed by atoms with E-state index in [4.69, 9.17) is 0 Å². The lowest BCUT2D eigenvalue weighted by molar-refractivity contribution is 0.823. The van der Waals surface area contributed by atoms with E-state index in [0.717, 1.165) is 0 Å². The summed E-state index contributed by atoms with van der Waals surface area (Å²) in [5.74, 6) is 1.73. The summed E-state index contributed by atoms with van der Waals surface area (Å²) >= 11 is 0. The average Bonchev–Trinajstić information content (AvgIpc) is 2.58. The molecule has 3 rings (SSSR count). The standard InChI is InChI=1S/C21H19/c1-17(18-11-5-2-6-12-18)21(19-13-7-3-8-14-19)20-15-9-4-10-16-20/h2-17H,1H3. The molecule has 3 aromatic carbocycles. The molecular weight excluding hydrogens is 252 g/mol. The molecule has 0 aromatic heterocycles. The van der Waals surface area contributed by atoms with Gasteiger partial charge in [0.05, 0.1) is 0 Å². The second-order valence-electron chi connectivity index (χ2n) is 5.28. The summed E-state index contributed by atoms with van der Waals surface area (Å²) in [6.45, 7) is 2.28. The van der Waals surface area contributed by atoms with E-state index in [1.54, 1.807) is 0 Å². The molecule has 0 nitrogen and oxygen atoms in total. The fraction of sp³-hybridized carbons (Fsp3) is 0.0952. The van der Waals surface area contributed by atoms with Crippen molar-refractivity contribution in [1.82, 2.24) is 0 Å². The van der Waals surface area contributed by atoms with E-state index in [9.17, 15) is 0 Å². The number of hydrogen-bond acceptors (Lipinski definition) is 0. The molecule has 3 aromatic rings. The van der Waals surface area contributed by atoms with Crippen LogP contribution in [0.1, 0.15) is 29.5 Å². The van der Waals surface area contributed by atoms with Crippen molar-refractivity contribution >= 4 is 0 Å². The van der Waals surface area contributed by atoms with Crippen LogP contribution in [0.25, 0.3) is 0 Å². The average molecular weight is 271 g/mol. The van der Waals surface area contributed by atoms with Crippen molar-refractivity contribution in [2.45, 2.75) is 12.8 Å². The van der Waals surface area contributed by atoms with Gasteiger partial charge in [-0.05, 0) is 22.6 Å². The zero-order valence-electron chi connectivity index (χ0n) is 12.2. The normalized spacial score (nSPS) is 12.3. The summed E-state index contributed by atoms with van der Waals surface area (Å²) < 4.78 is 0. The monoisotopic (exact) mass is 271 g/mol. The second kappa shape index (κ2) is 6.41.